The van der Waals surface area contributed by atoms with Crippen LogP contribution in [0.1, 0.15) is 52.4 Å². The third kappa shape index (κ3) is 1.90. The number of fused-ring (bicyclic) bond motifs is 2. The molecule has 0 aromatic rings. The molecule has 1 fully saturated rings. The van der Waals surface area contributed by atoms with Crippen LogP contribution in [0.4, 0.5) is 0 Å². The topological polar surface area (TPSA) is 0 Å². The fraction of sp³-hybridized carbons (Fsp3) is 0.867. The zero-order valence-corrected chi connectivity index (χ0v) is 13.7. The Bertz CT molecular complexity index is 349. The summed E-state index contributed by atoms with van der Waals surface area (Å²) in [4.78, 5) is 0. The molecular formula is C15H26IN. The van der Waals surface area contributed by atoms with Gasteiger partial charge in [-0.15, -0.1) is 0 Å². The molecule has 2 unspecified atom stereocenters. The van der Waals surface area contributed by atoms with E-state index in [1.54, 1.807) is 0 Å². The maximum atomic E-state index is 2.57. The van der Waals surface area contributed by atoms with Crippen molar-refractivity contribution in [1.29, 1.82) is 0 Å². The summed E-state index contributed by atoms with van der Waals surface area (Å²) in [5, 5.41) is 0. The van der Waals surface area contributed by atoms with Crippen molar-refractivity contribution in [2.45, 2.75) is 57.9 Å². The highest BCUT2D eigenvalue weighted by Crippen LogP contribution is 2.51. The molecule has 0 aromatic carbocycles. The molecule has 3 atom stereocenters. The van der Waals surface area contributed by atoms with Crippen molar-refractivity contribution in [3.05, 3.63) is 11.1 Å². The molecular weight excluding hydrogens is 321 g/mol. The molecule has 0 saturated carbocycles. The van der Waals surface area contributed by atoms with Crippen LogP contribution >= 0.6 is 0 Å². The van der Waals surface area contributed by atoms with Crippen molar-refractivity contribution >= 4 is 0 Å². The van der Waals surface area contributed by atoms with Gasteiger partial charge in [-0.2, -0.15) is 0 Å². The van der Waals surface area contributed by atoms with Gasteiger partial charge in [0.2, 0.25) is 0 Å². The van der Waals surface area contributed by atoms with E-state index in [0.717, 1.165) is 5.92 Å². The van der Waals surface area contributed by atoms with Crippen LogP contribution in [0.2, 0.25) is 0 Å². The summed E-state index contributed by atoms with van der Waals surface area (Å²) in [7, 11) is 2.52. The summed E-state index contributed by atoms with van der Waals surface area (Å²) in [6, 6.07) is 0. The Kier molecular flexibility index (Phi) is 3.68. The molecule has 0 aromatic heterocycles. The molecule has 3 rings (SSSR count). The average molecular weight is 347 g/mol. The Morgan fingerprint density at radius 2 is 1.88 bits per heavy atom. The molecule has 1 saturated heterocycles. The SMILES string of the molecule is CC1C[C@]2(C)C3=C(CCCC3)CC[N+]2(C)C1.[I-]. The van der Waals surface area contributed by atoms with Crippen LogP contribution in [-0.2, 0) is 0 Å². The van der Waals surface area contributed by atoms with Crippen LogP contribution in [0.15, 0.2) is 11.1 Å². The quantitative estimate of drug-likeness (QED) is 0.340. The molecule has 0 spiro atoms. The summed E-state index contributed by atoms with van der Waals surface area (Å²) in [5.41, 5.74) is 4.25. The van der Waals surface area contributed by atoms with E-state index in [1.165, 1.54) is 56.1 Å². The van der Waals surface area contributed by atoms with Gasteiger partial charge in [0.15, 0.2) is 0 Å². The highest BCUT2D eigenvalue weighted by molar-refractivity contribution is 5.29. The zero-order valence-electron chi connectivity index (χ0n) is 11.6. The minimum absolute atomic E-state index is 0. The van der Waals surface area contributed by atoms with Gasteiger partial charge >= 0.3 is 0 Å². The second-order valence-corrected chi connectivity index (χ2v) is 6.92. The Balaban J connectivity index is 0.00000108. The smallest absolute Gasteiger partial charge is 0.118 e. The minimum Gasteiger partial charge on any atom is -1.00 e. The third-order valence-corrected chi connectivity index (χ3v) is 5.79. The van der Waals surface area contributed by atoms with Crippen LogP contribution < -0.4 is 24.0 Å². The van der Waals surface area contributed by atoms with Gasteiger partial charge in [0.1, 0.15) is 5.54 Å². The summed E-state index contributed by atoms with van der Waals surface area (Å²) in [5.74, 6) is 0.920. The van der Waals surface area contributed by atoms with Gasteiger partial charge in [-0.05, 0) is 38.2 Å². The van der Waals surface area contributed by atoms with Crippen molar-refractivity contribution in [3.8, 4) is 0 Å². The third-order valence-electron chi connectivity index (χ3n) is 5.79. The first-order valence-electron chi connectivity index (χ1n) is 7.11. The first kappa shape index (κ1) is 13.9. The van der Waals surface area contributed by atoms with Gasteiger partial charge in [0.05, 0.1) is 20.1 Å². The van der Waals surface area contributed by atoms with E-state index in [0.29, 0.717) is 5.54 Å². The lowest BCUT2D eigenvalue weighted by molar-refractivity contribution is -0.941. The van der Waals surface area contributed by atoms with Crippen molar-refractivity contribution in [3.63, 3.8) is 0 Å². The van der Waals surface area contributed by atoms with Crippen molar-refractivity contribution in [2.24, 2.45) is 5.92 Å². The number of quaternary nitrogens is 1. The maximum absolute atomic E-state index is 2.57. The van der Waals surface area contributed by atoms with E-state index in [4.69, 9.17) is 0 Å². The maximum Gasteiger partial charge on any atom is 0.118 e. The zero-order chi connectivity index (χ0) is 11.4. The molecule has 2 heterocycles. The fourth-order valence-electron chi connectivity index (χ4n) is 4.92. The van der Waals surface area contributed by atoms with Crippen molar-refractivity contribution < 1.29 is 28.5 Å². The van der Waals surface area contributed by atoms with Crippen LogP contribution in [0.3, 0.4) is 0 Å². The fourth-order valence-corrected chi connectivity index (χ4v) is 4.92. The molecule has 0 radical (unpaired) electrons. The van der Waals surface area contributed by atoms with Crippen molar-refractivity contribution in [1.82, 2.24) is 0 Å². The monoisotopic (exact) mass is 347 g/mol. The number of nitrogens with zero attached hydrogens (tertiary/aromatic N) is 1. The number of rotatable bonds is 0. The minimum atomic E-state index is 0. The van der Waals surface area contributed by atoms with Crippen LogP contribution in [0.5, 0.6) is 0 Å². The Morgan fingerprint density at radius 1 is 1.18 bits per heavy atom. The molecule has 1 aliphatic carbocycles. The lowest BCUT2D eigenvalue weighted by Gasteiger charge is -2.51. The first-order valence-corrected chi connectivity index (χ1v) is 7.11. The second kappa shape index (κ2) is 4.52. The molecule has 0 bridgehead atoms. The summed E-state index contributed by atoms with van der Waals surface area (Å²) < 4.78 is 1.34. The molecule has 1 nitrogen and oxygen atoms in total. The Hall–Kier alpha value is 0.430. The number of likely N-dealkylation sites (N-methyl/N-ethyl adjacent to an activating group) is 1. The highest BCUT2D eigenvalue weighted by Gasteiger charge is 2.56. The summed E-state index contributed by atoms with van der Waals surface area (Å²) >= 11 is 0. The van der Waals surface area contributed by atoms with E-state index in [2.05, 4.69) is 20.9 Å². The van der Waals surface area contributed by atoms with Crippen LogP contribution in [0, 0.1) is 5.92 Å². The molecule has 2 aliphatic heterocycles. The van der Waals surface area contributed by atoms with Gasteiger partial charge in [-0.1, -0.05) is 12.5 Å². The second-order valence-electron chi connectivity index (χ2n) is 6.92. The van der Waals surface area contributed by atoms with E-state index < -0.39 is 0 Å². The van der Waals surface area contributed by atoms with Gasteiger partial charge in [-0.3, -0.25) is 0 Å². The molecule has 2 heteroatoms. The Labute approximate surface area is 123 Å². The molecule has 3 aliphatic rings. The highest BCUT2D eigenvalue weighted by atomic mass is 127. The van der Waals surface area contributed by atoms with Crippen molar-refractivity contribution in [2.75, 3.05) is 20.1 Å². The Morgan fingerprint density at radius 3 is 2.65 bits per heavy atom. The number of hydrogen-bond acceptors (Lipinski definition) is 0. The largest absolute Gasteiger partial charge is 1.00 e. The average Bonchev–Trinajstić information content (AvgIpc) is 2.49. The standard InChI is InChI=1S/C15H26N.HI/c1-12-10-15(2)14-7-5-4-6-13(14)8-9-16(15,3)11-12;/h12H,4-11H2,1-3H3;1H/q+1;/p-1/t12?,15-,16?;/m1./s1. The van der Waals surface area contributed by atoms with Gasteiger partial charge in [0.25, 0.3) is 0 Å². The lowest BCUT2D eigenvalue weighted by atomic mass is 9.73. The number of halogens is 1. The van der Waals surface area contributed by atoms with E-state index >= 15 is 0 Å². The van der Waals surface area contributed by atoms with Crippen LogP contribution in [0.25, 0.3) is 0 Å². The number of hydrogen-bond donors (Lipinski definition) is 0. The predicted octanol–water partition coefficient (Wildman–Crippen LogP) is 0.510. The van der Waals surface area contributed by atoms with E-state index in [1.807, 2.05) is 11.1 Å². The van der Waals surface area contributed by atoms with Crippen LogP contribution in [-0.4, -0.2) is 30.2 Å². The normalized spacial score (nSPS) is 45.0. The first-order chi connectivity index (χ1) is 7.55. The van der Waals surface area contributed by atoms with Gasteiger partial charge in [0, 0.05) is 18.8 Å². The summed E-state index contributed by atoms with van der Waals surface area (Å²) in [6.45, 7) is 7.83. The molecule has 17 heavy (non-hydrogen) atoms. The van der Waals surface area contributed by atoms with E-state index in [9.17, 15) is 0 Å². The molecule has 98 valence electrons. The molecule has 0 amide bonds. The lowest BCUT2D eigenvalue weighted by Crippen LogP contribution is -3.00. The summed E-state index contributed by atoms with van der Waals surface area (Å²) in [6.07, 6.45) is 8.55. The van der Waals surface area contributed by atoms with Gasteiger partial charge in [-0.25, -0.2) is 0 Å². The van der Waals surface area contributed by atoms with E-state index in [-0.39, 0.29) is 24.0 Å². The molecule has 0 N–H and O–H groups in total. The van der Waals surface area contributed by atoms with Gasteiger partial charge < -0.3 is 28.5 Å². The predicted molar refractivity (Wildman–Crippen MR) is 68.2 cm³/mol.